The summed E-state index contributed by atoms with van der Waals surface area (Å²) in [5.41, 5.74) is 4.86. The van der Waals surface area contributed by atoms with Crippen molar-refractivity contribution in [3.05, 3.63) is 35.2 Å². The van der Waals surface area contributed by atoms with Crippen LogP contribution < -0.4 is 11.1 Å². The number of urea groups is 1. The fourth-order valence-corrected chi connectivity index (χ4v) is 4.50. The Labute approximate surface area is 138 Å². The first-order valence-corrected chi connectivity index (χ1v) is 8.31. The van der Waals surface area contributed by atoms with Crippen molar-refractivity contribution < 1.29 is 19.1 Å². The van der Waals surface area contributed by atoms with Crippen molar-refractivity contribution in [2.75, 3.05) is 0 Å². The van der Waals surface area contributed by atoms with E-state index in [1.807, 2.05) is 29.6 Å². The number of nitrogens with two attached hydrogens (primary N) is 1. The summed E-state index contributed by atoms with van der Waals surface area (Å²) < 4.78 is 8.24. The van der Waals surface area contributed by atoms with E-state index in [0.717, 1.165) is 19.5 Å². The summed E-state index contributed by atoms with van der Waals surface area (Å²) in [5, 5.41) is 2.97. The number of amides is 3. The molecule has 3 amide bonds. The van der Waals surface area contributed by atoms with Crippen LogP contribution in [0, 0.1) is 0 Å². The molecule has 0 aliphatic carbocycles. The summed E-state index contributed by atoms with van der Waals surface area (Å²) in [6, 6.07) is 8.72. The van der Waals surface area contributed by atoms with Gasteiger partial charge in [-0.15, -0.1) is 22.7 Å². The minimum absolute atomic E-state index is 0.413. The highest BCUT2D eigenvalue weighted by Crippen LogP contribution is 2.39. The highest BCUT2D eigenvalue weighted by Gasteiger charge is 2.22. The van der Waals surface area contributed by atoms with Crippen LogP contribution in [0.1, 0.15) is 16.6 Å². The van der Waals surface area contributed by atoms with Gasteiger partial charge in [-0.2, -0.15) is 0 Å². The van der Waals surface area contributed by atoms with Crippen molar-refractivity contribution in [2.45, 2.75) is 13.0 Å². The Kier molecular flexibility index (Phi) is 4.01. The molecule has 0 saturated carbocycles. The number of primary amides is 1. The van der Waals surface area contributed by atoms with Gasteiger partial charge < -0.3 is 10.5 Å². The summed E-state index contributed by atoms with van der Waals surface area (Å²) in [5.74, 6) is -1.36. The fourth-order valence-electron chi connectivity index (χ4n) is 2.10. The van der Waals surface area contributed by atoms with E-state index in [1.54, 1.807) is 17.4 Å². The molecular formula is C15H12N2O4S2. The molecule has 1 aromatic carbocycles. The number of imide groups is 1. The maximum absolute atomic E-state index is 12.1. The van der Waals surface area contributed by atoms with Crippen molar-refractivity contribution in [3.63, 3.8) is 0 Å². The maximum Gasteiger partial charge on any atom is 0.349 e. The van der Waals surface area contributed by atoms with Crippen LogP contribution in [0.25, 0.3) is 19.5 Å². The Bertz CT molecular complexity index is 928. The molecule has 0 aliphatic rings. The second kappa shape index (κ2) is 5.98. The molecule has 0 radical (unpaired) electrons. The third-order valence-electron chi connectivity index (χ3n) is 3.15. The molecule has 0 bridgehead atoms. The summed E-state index contributed by atoms with van der Waals surface area (Å²) in [7, 11) is 0. The van der Waals surface area contributed by atoms with Crippen LogP contribution in [-0.2, 0) is 9.53 Å². The van der Waals surface area contributed by atoms with Crippen LogP contribution in [-0.4, -0.2) is 24.0 Å². The van der Waals surface area contributed by atoms with E-state index >= 15 is 0 Å². The SMILES string of the molecule is C[C@H](OC(=O)c1cc2sc3ccccc3c2s1)C(=O)NC(N)=O. The molecule has 3 rings (SSSR count). The van der Waals surface area contributed by atoms with Crippen molar-refractivity contribution in [1.82, 2.24) is 5.32 Å². The van der Waals surface area contributed by atoms with Gasteiger partial charge in [0, 0.05) is 14.8 Å². The zero-order chi connectivity index (χ0) is 16.6. The van der Waals surface area contributed by atoms with Gasteiger partial charge in [0.2, 0.25) is 0 Å². The van der Waals surface area contributed by atoms with Gasteiger partial charge in [0.15, 0.2) is 6.10 Å². The second-order valence-corrected chi connectivity index (χ2v) is 6.94. The molecule has 2 heterocycles. The number of hydrogen-bond acceptors (Lipinski definition) is 6. The van der Waals surface area contributed by atoms with Gasteiger partial charge in [-0.3, -0.25) is 10.1 Å². The summed E-state index contributed by atoms with van der Waals surface area (Å²) >= 11 is 2.92. The fraction of sp³-hybridized carbons (Fsp3) is 0.133. The van der Waals surface area contributed by atoms with Gasteiger partial charge in [0.25, 0.3) is 5.91 Å². The van der Waals surface area contributed by atoms with Gasteiger partial charge in [0.1, 0.15) is 4.88 Å². The quantitative estimate of drug-likeness (QED) is 0.711. The number of hydrogen-bond donors (Lipinski definition) is 2. The highest BCUT2D eigenvalue weighted by atomic mass is 32.1. The predicted octanol–water partition coefficient (Wildman–Crippen LogP) is 2.86. The van der Waals surface area contributed by atoms with E-state index in [4.69, 9.17) is 10.5 Å². The van der Waals surface area contributed by atoms with Crippen LogP contribution in [0.3, 0.4) is 0 Å². The van der Waals surface area contributed by atoms with Crippen LogP contribution >= 0.6 is 22.7 Å². The smallest absolute Gasteiger partial charge is 0.349 e. The third kappa shape index (κ3) is 3.03. The highest BCUT2D eigenvalue weighted by molar-refractivity contribution is 7.33. The number of rotatable bonds is 3. The topological polar surface area (TPSA) is 98.5 Å². The lowest BCUT2D eigenvalue weighted by molar-refractivity contribution is -0.127. The number of thiophene rings is 2. The molecule has 0 unspecified atom stereocenters. The number of benzene rings is 1. The minimum atomic E-state index is -1.10. The van der Waals surface area contributed by atoms with Crippen molar-refractivity contribution in [1.29, 1.82) is 0 Å². The van der Waals surface area contributed by atoms with E-state index in [1.165, 1.54) is 18.3 Å². The lowest BCUT2D eigenvalue weighted by Gasteiger charge is -2.10. The average Bonchev–Trinajstić information content (AvgIpc) is 3.03. The maximum atomic E-state index is 12.1. The summed E-state index contributed by atoms with van der Waals surface area (Å²) in [4.78, 5) is 34.7. The Morgan fingerprint density at radius 1 is 1.17 bits per heavy atom. The van der Waals surface area contributed by atoms with Crippen molar-refractivity contribution in [2.24, 2.45) is 5.73 Å². The molecule has 23 heavy (non-hydrogen) atoms. The number of ether oxygens (including phenoxy) is 1. The average molecular weight is 348 g/mol. The zero-order valence-corrected chi connectivity index (χ0v) is 13.6. The molecule has 3 N–H and O–H groups in total. The van der Waals surface area contributed by atoms with Gasteiger partial charge in [-0.1, -0.05) is 18.2 Å². The molecular weight excluding hydrogens is 336 g/mol. The second-order valence-electron chi connectivity index (χ2n) is 4.80. The van der Waals surface area contributed by atoms with E-state index in [0.29, 0.717) is 4.88 Å². The predicted molar refractivity (Wildman–Crippen MR) is 89.8 cm³/mol. The number of carbonyl (C=O) groups excluding carboxylic acids is 3. The molecule has 2 aromatic heterocycles. The Morgan fingerprint density at radius 3 is 2.65 bits per heavy atom. The van der Waals surface area contributed by atoms with E-state index < -0.39 is 24.0 Å². The Morgan fingerprint density at radius 2 is 1.91 bits per heavy atom. The monoisotopic (exact) mass is 348 g/mol. The van der Waals surface area contributed by atoms with Crippen LogP contribution in [0.2, 0.25) is 0 Å². The third-order valence-corrected chi connectivity index (χ3v) is 5.55. The first kappa shape index (κ1) is 15.4. The Hall–Kier alpha value is -2.45. The first-order valence-electron chi connectivity index (χ1n) is 6.68. The molecule has 0 aliphatic heterocycles. The molecule has 1 atom stereocenters. The molecule has 3 aromatic rings. The van der Waals surface area contributed by atoms with Crippen LogP contribution in [0.4, 0.5) is 4.79 Å². The van der Waals surface area contributed by atoms with Gasteiger partial charge >= 0.3 is 12.0 Å². The molecule has 8 heteroatoms. The first-order chi connectivity index (χ1) is 11.0. The van der Waals surface area contributed by atoms with Gasteiger partial charge in [-0.05, 0) is 19.1 Å². The van der Waals surface area contributed by atoms with Crippen molar-refractivity contribution >= 4 is 60.1 Å². The van der Waals surface area contributed by atoms with Crippen LogP contribution in [0.5, 0.6) is 0 Å². The molecule has 0 spiro atoms. The lowest BCUT2D eigenvalue weighted by Crippen LogP contribution is -2.42. The van der Waals surface area contributed by atoms with E-state index in [9.17, 15) is 14.4 Å². The van der Waals surface area contributed by atoms with Gasteiger partial charge in [-0.25, -0.2) is 9.59 Å². The lowest BCUT2D eigenvalue weighted by atomic mass is 10.2. The van der Waals surface area contributed by atoms with E-state index in [2.05, 4.69) is 0 Å². The standard InChI is InChI=1S/C15H12N2O4S2/c1-7(13(18)17-15(16)20)21-14(19)11-6-10-12(23-11)8-4-2-3-5-9(8)22-10/h2-7H,1H3,(H3,16,17,18,20)/t7-/m0/s1. The molecule has 118 valence electrons. The normalized spacial score (nSPS) is 12.2. The molecule has 0 fully saturated rings. The molecule has 0 saturated heterocycles. The number of fused-ring (bicyclic) bond motifs is 3. The summed E-state index contributed by atoms with van der Waals surface area (Å²) in [6.45, 7) is 1.38. The van der Waals surface area contributed by atoms with Crippen molar-refractivity contribution in [3.8, 4) is 0 Å². The number of carbonyl (C=O) groups is 3. The summed E-state index contributed by atoms with van der Waals surface area (Å²) in [6.07, 6.45) is -1.10. The van der Waals surface area contributed by atoms with Crippen LogP contribution in [0.15, 0.2) is 30.3 Å². The molecule has 6 nitrogen and oxygen atoms in total. The number of esters is 1. The number of nitrogens with one attached hydrogen (secondary N) is 1. The van der Waals surface area contributed by atoms with E-state index in [-0.39, 0.29) is 0 Å². The minimum Gasteiger partial charge on any atom is -0.448 e. The largest absolute Gasteiger partial charge is 0.448 e. The van der Waals surface area contributed by atoms with Gasteiger partial charge in [0.05, 0.1) is 4.70 Å². The zero-order valence-electron chi connectivity index (χ0n) is 12.0. The Balaban J connectivity index is 1.81.